The maximum atomic E-state index is 13.6. The number of nitrogens with zero attached hydrogens (tertiary/aromatic N) is 4. The zero-order chi connectivity index (χ0) is 25.7. The Morgan fingerprint density at radius 2 is 1.83 bits per heavy atom. The fourth-order valence-corrected chi connectivity index (χ4v) is 4.02. The monoisotopic (exact) mass is 480 g/mol. The number of nitriles is 1. The van der Waals surface area contributed by atoms with Crippen LogP contribution >= 0.6 is 0 Å². The van der Waals surface area contributed by atoms with Crippen LogP contribution in [0.4, 0.5) is 0 Å². The van der Waals surface area contributed by atoms with E-state index in [2.05, 4.69) is 18.9 Å². The predicted octanol–water partition coefficient (Wildman–Crippen LogP) is 5.68. The van der Waals surface area contributed by atoms with Gasteiger partial charge in [-0.1, -0.05) is 38.1 Å². The topological polar surface area (TPSA) is 89.5 Å². The van der Waals surface area contributed by atoms with E-state index in [1.165, 1.54) is 4.68 Å². The highest BCUT2D eigenvalue weighted by Gasteiger charge is 2.18. The molecule has 0 spiro atoms. The van der Waals surface area contributed by atoms with E-state index in [1.54, 1.807) is 18.3 Å². The first-order chi connectivity index (χ1) is 17.4. The summed E-state index contributed by atoms with van der Waals surface area (Å²) in [7, 11) is 0. The lowest BCUT2D eigenvalue weighted by atomic mass is 9.96. The van der Waals surface area contributed by atoms with Crippen molar-refractivity contribution >= 4 is 17.1 Å². The van der Waals surface area contributed by atoms with E-state index in [1.807, 2.05) is 68.4 Å². The van der Waals surface area contributed by atoms with Gasteiger partial charge in [0.25, 0.3) is 5.56 Å². The first-order valence-electron chi connectivity index (χ1n) is 11.9. The van der Waals surface area contributed by atoms with Crippen LogP contribution in [0.3, 0.4) is 0 Å². The average molecular weight is 481 g/mol. The summed E-state index contributed by atoms with van der Waals surface area (Å²) in [6.07, 6.45) is 1.56. The molecule has 0 aliphatic heterocycles. The number of rotatable bonds is 8. The van der Waals surface area contributed by atoms with Gasteiger partial charge in [0.05, 0.1) is 23.7 Å². The number of ether oxygens (including phenoxy) is 2. The van der Waals surface area contributed by atoms with Crippen molar-refractivity contribution in [3.05, 3.63) is 87.7 Å². The first kappa shape index (κ1) is 24.7. The number of aromatic nitrogens is 2. The second-order valence-corrected chi connectivity index (χ2v) is 8.59. The molecule has 0 atom stereocenters. The normalized spacial score (nSPS) is 11.2. The fraction of sp³-hybridized carbons (Fsp3) is 0.241. The van der Waals surface area contributed by atoms with E-state index >= 15 is 0 Å². The van der Waals surface area contributed by atoms with Crippen molar-refractivity contribution in [2.24, 2.45) is 5.10 Å². The van der Waals surface area contributed by atoms with Crippen LogP contribution < -0.4 is 15.0 Å². The Morgan fingerprint density at radius 1 is 1.08 bits per heavy atom. The zero-order valence-electron chi connectivity index (χ0n) is 20.9. The summed E-state index contributed by atoms with van der Waals surface area (Å²) < 4.78 is 12.7. The summed E-state index contributed by atoms with van der Waals surface area (Å²) >= 11 is 0. The smallest absolute Gasteiger partial charge is 0.282 e. The SMILES string of the molecule is CCOc1cc(C)c(-c2nc3ccccc3c(=O)n2N=Cc2ccccc2OCC#N)cc1C(C)C. The van der Waals surface area contributed by atoms with Crippen LogP contribution in [0.2, 0.25) is 0 Å². The van der Waals surface area contributed by atoms with Crippen LogP contribution in [0.25, 0.3) is 22.3 Å². The number of para-hydroxylation sites is 2. The van der Waals surface area contributed by atoms with E-state index < -0.39 is 0 Å². The largest absolute Gasteiger partial charge is 0.494 e. The molecule has 0 N–H and O–H groups in total. The Hall–Kier alpha value is -4.44. The molecule has 1 aromatic heterocycles. The number of fused-ring (bicyclic) bond motifs is 1. The lowest BCUT2D eigenvalue weighted by Gasteiger charge is -2.18. The number of hydrogen-bond acceptors (Lipinski definition) is 6. The van der Waals surface area contributed by atoms with Gasteiger partial charge in [-0.2, -0.15) is 15.0 Å². The van der Waals surface area contributed by atoms with Crippen LogP contribution in [-0.2, 0) is 0 Å². The molecular weight excluding hydrogens is 452 g/mol. The van der Waals surface area contributed by atoms with Crippen LogP contribution in [0.15, 0.2) is 70.6 Å². The highest BCUT2D eigenvalue weighted by molar-refractivity contribution is 5.84. The van der Waals surface area contributed by atoms with Crippen LogP contribution in [0.5, 0.6) is 11.5 Å². The molecule has 182 valence electrons. The molecule has 0 saturated heterocycles. The Kier molecular flexibility index (Phi) is 7.45. The molecule has 7 nitrogen and oxygen atoms in total. The summed E-state index contributed by atoms with van der Waals surface area (Å²) in [5.41, 5.74) is 3.72. The van der Waals surface area contributed by atoms with Crippen molar-refractivity contribution in [3.63, 3.8) is 0 Å². The summed E-state index contributed by atoms with van der Waals surface area (Å²) in [5, 5.41) is 13.9. The number of hydrogen-bond donors (Lipinski definition) is 0. The molecule has 0 radical (unpaired) electrons. The highest BCUT2D eigenvalue weighted by Crippen LogP contribution is 2.34. The molecule has 4 aromatic rings. The van der Waals surface area contributed by atoms with E-state index in [0.29, 0.717) is 34.6 Å². The second-order valence-electron chi connectivity index (χ2n) is 8.59. The van der Waals surface area contributed by atoms with Crippen molar-refractivity contribution in [1.29, 1.82) is 5.26 Å². The van der Waals surface area contributed by atoms with Gasteiger partial charge in [0.2, 0.25) is 0 Å². The molecule has 36 heavy (non-hydrogen) atoms. The summed E-state index contributed by atoms with van der Waals surface area (Å²) in [4.78, 5) is 18.5. The van der Waals surface area contributed by atoms with Crippen LogP contribution in [0.1, 0.15) is 43.4 Å². The van der Waals surface area contributed by atoms with E-state index in [9.17, 15) is 4.79 Å². The number of benzene rings is 3. The Labute approximate surface area is 210 Å². The molecule has 0 unspecified atom stereocenters. The van der Waals surface area contributed by atoms with Gasteiger partial charge >= 0.3 is 0 Å². The van der Waals surface area contributed by atoms with Gasteiger partial charge in [-0.25, -0.2) is 4.98 Å². The lowest BCUT2D eigenvalue weighted by molar-refractivity contribution is 0.335. The van der Waals surface area contributed by atoms with E-state index in [0.717, 1.165) is 22.4 Å². The molecule has 0 fully saturated rings. The van der Waals surface area contributed by atoms with Crippen molar-refractivity contribution in [3.8, 4) is 29.0 Å². The summed E-state index contributed by atoms with van der Waals surface area (Å²) in [6, 6.07) is 20.5. The van der Waals surface area contributed by atoms with E-state index in [4.69, 9.17) is 19.7 Å². The van der Waals surface area contributed by atoms with Crippen molar-refractivity contribution < 1.29 is 9.47 Å². The molecule has 0 aliphatic carbocycles. The zero-order valence-corrected chi connectivity index (χ0v) is 20.9. The highest BCUT2D eigenvalue weighted by atomic mass is 16.5. The van der Waals surface area contributed by atoms with Gasteiger partial charge in [-0.05, 0) is 67.3 Å². The summed E-state index contributed by atoms with van der Waals surface area (Å²) in [6.45, 7) is 8.62. The van der Waals surface area contributed by atoms with Gasteiger partial charge in [-0.3, -0.25) is 4.79 Å². The van der Waals surface area contributed by atoms with Gasteiger partial charge < -0.3 is 9.47 Å². The Balaban J connectivity index is 1.95. The first-order valence-corrected chi connectivity index (χ1v) is 11.9. The van der Waals surface area contributed by atoms with Crippen molar-refractivity contribution in [2.75, 3.05) is 13.2 Å². The minimum atomic E-state index is -0.276. The molecule has 4 rings (SSSR count). The van der Waals surface area contributed by atoms with Gasteiger partial charge in [0.15, 0.2) is 12.4 Å². The fourth-order valence-electron chi connectivity index (χ4n) is 4.02. The molecule has 0 saturated carbocycles. The van der Waals surface area contributed by atoms with Crippen molar-refractivity contribution in [1.82, 2.24) is 9.66 Å². The molecule has 7 heteroatoms. The summed E-state index contributed by atoms with van der Waals surface area (Å²) in [5.74, 6) is 1.98. The third kappa shape index (κ3) is 4.98. The molecule has 0 bridgehead atoms. The van der Waals surface area contributed by atoms with Gasteiger partial charge in [0.1, 0.15) is 17.6 Å². The third-order valence-corrected chi connectivity index (χ3v) is 5.80. The molecular formula is C29H28N4O3. The van der Waals surface area contributed by atoms with Crippen LogP contribution in [0, 0.1) is 18.3 Å². The quantitative estimate of drug-likeness (QED) is 0.303. The molecule has 0 aliphatic rings. The maximum Gasteiger partial charge on any atom is 0.282 e. The van der Waals surface area contributed by atoms with E-state index in [-0.39, 0.29) is 18.1 Å². The second kappa shape index (κ2) is 10.9. The lowest BCUT2D eigenvalue weighted by Crippen LogP contribution is -2.21. The molecule has 1 heterocycles. The minimum Gasteiger partial charge on any atom is -0.494 e. The average Bonchev–Trinajstić information content (AvgIpc) is 2.87. The standard InChI is InChI=1S/C29H28N4O3/c1-5-35-27-16-20(4)24(17-23(27)19(2)3)28-32-25-12-8-7-11-22(25)29(34)33(28)31-18-21-10-6-9-13-26(21)36-15-14-30/h6-13,16-19H,5,15H2,1-4H3. The third-order valence-electron chi connectivity index (χ3n) is 5.80. The van der Waals surface area contributed by atoms with Gasteiger partial charge in [0, 0.05) is 11.1 Å². The molecule has 0 amide bonds. The van der Waals surface area contributed by atoms with Crippen LogP contribution in [-0.4, -0.2) is 29.1 Å². The Bertz CT molecular complexity index is 1530. The number of aryl methyl sites for hydroxylation is 1. The molecule has 3 aromatic carbocycles. The van der Waals surface area contributed by atoms with Crippen molar-refractivity contribution in [2.45, 2.75) is 33.6 Å². The Morgan fingerprint density at radius 3 is 2.58 bits per heavy atom. The minimum absolute atomic E-state index is 0.0864. The van der Waals surface area contributed by atoms with Gasteiger partial charge in [-0.15, -0.1) is 0 Å². The maximum absolute atomic E-state index is 13.6. The predicted molar refractivity (Wildman–Crippen MR) is 142 cm³/mol.